The number of morpholine rings is 1. The van der Waals surface area contributed by atoms with Crippen LogP contribution in [0.3, 0.4) is 0 Å². The molecule has 6 nitrogen and oxygen atoms in total. The molecular formula is C18H20N2O4. The Morgan fingerprint density at radius 3 is 2.71 bits per heavy atom. The maximum atomic E-state index is 12.6. The Hall–Kier alpha value is -2.60. The van der Waals surface area contributed by atoms with Crippen LogP contribution in [0.4, 0.5) is 0 Å². The van der Waals surface area contributed by atoms with Gasteiger partial charge in [-0.25, -0.2) is 0 Å². The minimum absolute atomic E-state index is 0.126. The van der Waals surface area contributed by atoms with E-state index in [0.717, 1.165) is 5.56 Å². The number of carbonyl (C=O) groups excluding carboxylic acids is 2. The Kier molecular flexibility index (Phi) is 4.96. The fourth-order valence-corrected chi connectivity index (χ4v) is 2.73. The lowest BCUT2D eigenvalue weighted by atomic mass is 10.1. The summed E-state index contributed by atoms with van der Waals surface area (Å²) >= 11 is 0. The number of nitrogens with one attached hydrogen (secondary N) is 1. The van der Waals surface area contributed by atoms with Gasteiger partial charge in [0.2, 0.25) is 5.91 Å². The summed E-state index contributed by atoms with van der Waals surface area (Å²) < 4.78 is 10.8. The molecule has 6 heteroatoms. The predicted octanol–water partition coefficient (Wildman–Crippen LogP) is 2.00. The standard InChI is InChI=1S/C18H20N2O4/c1-13(19-17(21)15-8-5-10-23-15)18(22)20-9-11-24-16(12-20)14-6-3-2-4-7-14/h2-8,10,13,16H,9,11-12H2,1H3,(H,19,21)/t13-,16?/m1/s1. The zero-order valence-electron chi connectivity index (χ0n) is 13.5. The lowest BCUT2D eigenvalue weighted by molar-refractivity contribution is -0.140. The monoisotopic (exact) mass is 328 g/mol. The minimum atomic E-state index is -0.628. The van der Waals surface area contributed by atoms with Crippen molar-refractivity contribution in [3.63, 3.8) is 0 Å². The first-order valence-electron chi connectivity index (χ1n) is 7.95. The van der Waals surface area contributed by atoms with Gasteiger partial charge < -0.3 is 19.4 Å². The van der Waals surface area contributed by atoms with Crippen molar-refractivity contribution in [3.8, 4) is 0 Å². The number of nitrogens with zero attached hydrogens (tertiary/aromatic N) is 1. The molecule has 1 unspecified atom stereocenters. The summed E-state index contributed by atoms with van der Waals surface area (Å²) in [5, 5.41) is 2.67. The van der Waals surface area contributed by atoms with Crippen LogP contribution in [-0.2, 0) is 9.53 Å². The summed E-state index contributed by atoms with van der Waals surface area (Å²) in [7, 11) is 0. The molecule has 1 aliphatic rings. The van der Waals surface area contributed by atoms with E-state index in [0.29, 0.717) is 19.7 Å². The van der Waals surface area contributed by atoms with Crippen molar-refractivity contribution in [3.05, 3.63) is 60.1 Å². The molecule has 126 valence electrons. The van der Waals surface area contributed by atoms with Crippen LogP contribution >= 0.6 is 0 Å². The highest BCUT2D eigenvalue weighted by Crippen LogP contribution is 2.22. The van der Waals surface area contributed by atoms with Crippen molar-refractivity contribution in [2.45, 2.75) is 19.1 Å². The highest BCUT2D eigenvalue weighted by Gasteiger charge is 2.29. The van der Waals surface area contributed by atoms with Gasteiger partial charge in [-0.1, -0.05) is 30.3 Å². The van der Waals surface area contributed by atoms with Crippen molar-refractivity contribution in [2.75, 3.05) is 19.7 Å². The number of amides is 2. The summed E-state index contributed by atoms with van der Waals surface area (Å²) in [6.45, 7) is 3.15. The lowest BCUT2D eigenvalue weighted by Crippen LogP contribution is -2.51. The highest BCUT2D eigenvalue weighted by atomic mass is 16.5. The number of furan rings is 1. The Bertz CT molecular complexity index is 684. The van der Waals surface area contributed by atoms with Gasteiger partial charge in [0.05, 0.1) is 19.4 Å². The summed E-state index contributed by atoms with van der Waals surface area (Å²) in [5.74, 6) is -0.327. The van der Waals surface area contributed by atoms with Crippen LogP contribution in [0.25, 0.3) is 0 Å². The minimum Gasteiger partial charge on any atom is -0.459 e. The number of benzene rings is 1. The molecule has 0 bridgehead atoms. The molecule has 2 aromatic rings. The van der Waals surface area contributed by atoms with Crippen LogP contribution in [-0.4, -0.2) is 42.5 Å². The molecule has 1 aromatic heterocycles. The van der Waals surface area contributed by atoms with E-state index >= 15 is 0 Å². The van der Waals surface area contributed by atoms with Gasteiger partial charge in [-0.15, -0.1) is 0 Å². The molecule has 0 saturated carbocycles. The van der Waals surface area contributed by atoms with Gasteiger partial charge in [-0.2, -0.15) is 0 Å². The van der Waals surface area contributed by atoms with Gasteiger partial charge in [-0.3, -0.25) is 9.59 Å². The molecule has 0 spiro atoms. The molecule has 2 heterocycles. The molecule has 1 saturated heterocycles. The van der Waals surface area contributed by atoms with Crippen LogP contribution in [0.5, 0.6) is 0 Å². The van der Waals surface area contributed by atoms with Crippen molar-refractivity contribution in [1.29, 1.82) is 0 Å². The van der Waals surface area contributed by atoms with Gasteiger partial charge in [0, 0.05) is 6.54 Å². The molecule has 2 amide bonds. The van der Waals surface area contributed by atoms with Crippen LogP contribution in [0.1, 0.15) is 29.1 Å². The van der Waals surface area contributed by atoms with Gasteiger partial charge in [0.25, 0.3) is 5.91 Å². The molecule has 0 aliphatic carbocycles. The fourth-order valence-electron chi connectivity index (χ4n) is 2.73. The summed E-state index contributed by atoms with van der Waals surface area (Å²) in [6, 6.07) is 12.4. The number of rotatable bonds is 4. The summed E-state index contributed by atoms with van der Waals surface area (Å²) in [4.78, 5) is 26.3. The molecule has 1 fully saturated rings. The number of ether oxygens (including phenoxy) is 1. The first kappa shape index (κ1) is 16.3. The van der Waals surface area contributed by atoms with Crippen molar-refractivity contribution in [2.24, 2.45) is 0 Å². The third kappa shape index (κ3) is 3.65. The number of carbonyl (C=O) groups is 2. The summed E-state index contributed by atoms with van der Waals surface area (Å²) in [5.41, 5.74) is 1.04. The Morgan fingerprint density at radius 2 is 2.00 bits per heavy atom. The van der Waals surface area contributed by atoms with Crippen LogP contribution in [0.2, 0.25) is 0 Å². The molecule has 1 aromatic carbocycles. The average Bonchev–Trinajstić information content (AvgIpc) is 3.17. The molecule has 1 aliphatic heterocycles. The molecule has 24 heavy (non-hydrogen) atoms. The molecule has 3 rings (SSSR count). The van der Waals surface area contributed by atoms with E-state index in [1.165, 1.54) is 6.26 Å². The third-order valence-electron chi connectivity index (χ3n) is 4.01. The summed E-state index contributed by atoms with van der Waals surface area (Å²) in [6.07, 6.45) is 1.28. The van der Waals surface area contributed by atoms with E-state index in [-0.39, 0.29) is 17.8 Å². The fraction of sp³-hybridized carbons (Fsp3) is 0.333. The Labute approximate surface area is 140 Å². The third-order valence-corrected chi connectivity index (χ3v) is 4.01. The Morgan fingerprint density at radius 1 is 1.21 bits per heavy atom. The van der Waals surface area contributed by atoms with Gasteiger partial charge >= 0.3 is 0 Å². The van der Waals surface area contributed by atoms with E-state index in [2.05, 4.69) is 5.32 Å². The van der Waals surface area contributed by atoms with Gasteiger partial charge in [0.1, 0.15) is 12.1 Å². The van der Waals surface area contributed by atoms with Crippen LogP contribution in [0.15, 0.2) is 53.1 Å². The molecule has 2 atom stereocenters. The van der Waals surface area contributed by atoms with Gasteiger partial charge in [-0.05, 0) is 24.6 Å². The molecular weight excluding hydrogens is 308 g/mol. The highest BCUT2D eigenvalue weighted by molar-refractivity contribution is 5.95. The zero-order chi connectivity index (χ0) is 16.9. The molecule has 0 radical (unpaired) electrons. The zero-order valence-corrected chi connectivity index (χ0v) is 13.5. The van der Waals surface area contributed by atoms with E-state index in [4.69, 9.17) is 9.15 Å². The van der Waals surface area contributed by atoms with E-state index < -0.39 is 11.9 Å². The van der Waals surface area contributed by atoms with Crippen molar-refractivity contribution >= 4 is 11.8 Å². The second-order valence-electron chi connectivity index (χ2n) is 5.73. The average molecular weight is 328 g/mol. The lowest BCUT2D eigenvalue weighted by Gasteiger charge is -2.34. The predicted molar refractivity (Wildman–Crippen MR) is 87.4 cm³/mol. The van der Waals surface area contributed by atoms with E-state index in [1.54, 1.807) is 24.0 Å². The SMILES string of the molecule is C[C@@H](NC(=O)c1ccco1)C(=O)N1CCOC(c2ccccc2)C1. The van der Waals surface area contributed by atoms with E-state index in [1.807, 2.05) is 30.3 Å². The second-order valence-corrected chi connectivity index (χ2v) is 5.73. The first-order chi connectivity index (χ1) is 11.6. The van der Waals surface area contributed by atoms with Crippen molar-refractivity contribution < 1.29 is 18.7 Å². The van der Waals surface area contributed by atoms with Crippen molar-refractivity contribution in [1.82, 2.24) is 10.2 Å². The van der Waals surface area contributed by atoms with Crippen LogP contribution < -0.4 is 5.32 Å². The topological polar surface area (TPSA) is 71.8 Å². The maximum Gasteiger partial charge on any atom is 0.287 e. The van der Waals surface area contributed by atoms with Crippen LogP contribution in [0, 0.1) is 0 Å². The largest absolute Gasteiger partial charge is 0.459 e. The maximum absolute atomic E-state index is 12.6. The smallest absolute Gasteiger partial charge is 0.287 e. The van der Waals surface area contributed by atoms with Gasteiger partial charge in [0.15, 0.2) is 5.76 Å². The molecule has 1 N–H and O–H groups in total. The Balaban J connectivity index is 1.60. The number of hydrogen-bond acceptors (Lipinski definition) is 4. The quantitative estimate of drug-likeness (QED) is 0.932. The second kappa shape index (κ2) is 7.31. The first-order valence-corrected chi connectivity index (χ1v) is 7.95. The number of hydrogen-bond donors (Lipinski definition) is 1. The van der Waals surface area contributed by atoms with E-state index in [9.17, 15) is 9.59 Å². The normalized spacial score (nSPS) is 18.9.